The van der Waals surface area contributed by atoms with E-state index in [9.17, 15) is 4.79 Å². The Bertz CT molecular complexity index is 293. The largest absolute Gasteiger partial charge is 0.462 e. The molecular formula is C14H26O3Si. The molecule has 0 radical (unpaired) electrons. The lowest BCUT2D eigenvalue weighted by Gasteiger charge is -2.40. The van der Waals surface area contributed by atoms with E-state index in [1.807, 2.05) is 0 Å². The minimum atomic E-state index is -1.17. The van der Waals surface area contributed by atoms with Crippen LogP contribution in [0.4, 0.5) is 0 Å². The number of carbonyl (C=O) groups excluding carboxylic acids is 1. The molecule has 0 aromatic rings. The summed E-state index contributed by atoms with van der Waals surface area (Å²) in [7, 11) is -1.17. The number of unbranched alkanes of at least 4 members (excludes halogenated alkanes) is 1. The predicted octanol–water partition coefficient (Wildman–Crippen LogP) is 2.85. The molecule has 104 valence electrons. The van der Waals surface area contributed by atoms with Gasteiger partial charge >= 0.3 is 5.97 Å². The summed E-state index contributed by atoms with van der Waals surface area (Å²) in [5.41, 5.74) is 0.556. The monoisotopic (exact) mass is 270 g/mol. The van der Waals surface area contributed by atoms with Gasteiger partial charge in [0.2, 0.25) is 0 Å². The van der Waals surface area contributed by atoms with Crippen LogP contribution in [0.25, 0.3) is 0 Å². The third-order valence-corrected chi connectivity index (χ3v) is 6.39. The van der Waals surface area contributed by atoms with Gasteiger partial charge in [0.15, 0.2) is 0 Å². The molecule has 1 unspecified atom stereocenters. The molecule has 0 aliphatic carbocycles. The molecule has 18 heavy (non-hydrogen) atoms. The molecule has 1 fully saturated rings. The fourth-order valence-corrected chi connectivity index (χ4v) is 4.47. The van der Waals surface area contributed by atoms with Crippen molar-refractivity contribution in [1.29, 1.82) is 0 Å². The second kappa shape index (κ2) is 7.09. The molecule has 0 spiro atoms. The molecule has 1 heterocycles. The Morgan fingerprint density at radius 1 is 1.44 bits per heavy atom. The third-order valence-electron chi connectivity index (χ3n) is 3.72. The molecule has 1 saturated heterocycles. The summed E-state index contributed by atoms with van der Waals surface area (Å²) in [5.74, 6) is -0.258. The van der Waals surface area contributed by atoms with Gasteiger partial charge in [-0.3, -0.25) is 0 Å². The molecule has 1 aliphatic heterocycles. The average Bonchev–Trinajstić information content (AvgIpc) is 2.38. The van der Waals surface area contributed by atoms with Gasteiger partial charge in [0, 0.05) is 6.61 Å². The van der Waals surface area contributed by atoms with Gasteiger partial charge in [0.25, 0.3) is 0 Å². The summed E-state index contributed by atoms with van der Waals surface area (Å²) in [6.07, 6.45) is 5.07. The summed E-state index contributed by atoms with van der Waals surface area (Å²) in [6, 6.07) is 0. The van der Waals surface area contributed by atoms with E-state index in [2.05, 4.69) is 26.6 Å². The molecule has 1 atom stereocenters. The molecule has 0 aromatic heterocycles. The van der Waals surface area contributed by atoms with E-state index in [4.69, 9.17) is 9.47 Å². The normalized spacial score (nSPS) is 24.0. The van der Waals surface area contributed by atoms with Crippen LogP contribution in [-0.4, -0.2) is 33.2 Å². The summed E-state index contributed by atoms with van der Waals surface area (Å²) >= 11 is 0. The highest BCUT2D eigenvalue weighted by molar-refractivity contribution is 6.61. The van der Waals surface area contributed by atoms with Crippen LogP contribution in [0.1, 0.15) is 39.0 Å². The zero-order valence-electron chi connectivity index (χ0n) is 12.0. The molecule has 0 aromatic carbocycles. The quantitative estimate of drug-likeness (QED) is 0.322. The first kappa shape index (κ1) is 15.4. The minimum Gasteiger partial charge on any atom is -0.462 e. The van der Waals surface area contributed by atoms with Crippen LogP contribution in [0.15, 0.2) is 12.2 Å². The minimum absolute atomic E-state index is 0.258. The predicted molar refractivity (Wildman–Crippen MR) is 76.4 cm³/mol. The van der Waals surface area contributed by atoms with Crippen LogP contribution in [0.2, 0.25) is 13.1 Å². The first-order valence-corrected chi connectivity index (χ1v) is 9.93. The molecule has 4 heteroatoms. The van der Waals surface area contributed by atoms with Crippen LogP contribution in [0, 0.1) is 0 Å². The van der Waals surface area contributed by atoms with Gasteiger partial charge in [-0.05, 0) is 25.7 Å². The van der Waals surface area contributed by atoms with E-state index in [0.717, 1.165) is 38.7 Å². The third kappa shape index (κ3) is 3.45. The van der Waals surface area contributed by atoms with Gasteiger partial charge in [-0.25, -0.2) is 4.79 Å². The Labute approximate surface area is 112 Å². The van der Waals surface area contributed by atoms with Gasteiger partial charge in [0.05, 0.1) is 26.2 Å². The summed E-state index contributed by atoms with van der Waals surface area (Å²) in [4.78, 5) is 12.0. The number of esters is 1. The van der Waals surface area contributed by atoms with Crippen molar-refractivity contribution in [1.82, 2.24) is 0 Å². The van der Waals surface area contributed by atoms with Gasteiger partial charge in [-0.1, -0.05) is 33.0 Å². The summed E-state index contributed by atoms with van der Waals surface area (Å²) in [5, 5.41) is -0.373. The van der Waals surface area contributed by atoms with E-state index in [-0.39, 0.29) is 11.2 Å². The number of hydrogen-bond donors (Lipinski definition) is 0. The molecule has 1 rings (SSSR count). The smallest absolute Gasteiger partial charge is 0.335 e. The van der Waals surface area contributed by atoms with E-state index in [1.165, 1.54) is 0 Å². The fourth-order valence-electron chi connectivity index (χ4n) is 2.43. The van der Waals surface area contributed by atoms with Crippen molar-refractivity contribution in [3.8, 4) is 0 Å². The molecule has 0 N–H and O–H groups in total. The van der Waals surface area contributed by atoms with Crippen molar-refractivity contribution >= 4 is 14.8 Å². The number of hydrogen-bond acceptors (Lipinski definition) is 3. The van der Waals surface area contributed by atoms with Crippen LogP contribution < -0.4 is 0 Å². The van der Waals surface area contributed by atoms with Crippen LogP contribution >= 0.6 is 0 Å². The maximum atomic E-state index is 12.0. The van der Waals surface area contributed by atoms with Crippen molar-refractivity contribution in [3.05, 3.63) is 12.2 Å². The topological polar surface area (TPSA) is 35.5 Å². The molecule has 1 aliphatic rings. The maximum absolute atomic E-state index is 12.0. The second-order valence-corrected chi connectivity index (χ2v) is 8.56. The Hall–Kier alpha value is -0.613. The zero-order valence-corrected chi connectivity index (χ0v) is 13.1. The van der Waals surface area contributed by atoms with Gasteiger partial charge < -0.3 is 9.47 Å². The van der Waals surface area contributed by atoms with Crippen LogP contribution in [-0.2, 0) is 14.3 Å². The highest BCUT2D eigenvalue weighted by Crippen LogP contribution is 2.34. The first-order chi connectivity index (χ1) is 8.54. The molecule has 0 amide bonds. The lowest BCUT2D eigenvalue weighted by atomic mass is 10.0. The van der Waals surface area contributed by atoms with Gasteiger partial charge in [-0.2, -0.15) is 0 Å². The Kier molecular flexibility index (Phi) is 6.09. The maximum Gasteiger partial charge on any atom is 0.335 e. The van der Waals surface area contributed by atoms with Gasteiger partial charge in [-0.15, -0.1) is 0 Å². The molecule has 0 saturated carbocycles. The highest BCUT2D eigenvalue weighted by Gasteiger charge is 2.43. The average molecular weight is 270 g/mol. The summed E-state index contributed by atoms with van der Waals surface area (Å²) in [6.45, 7) is 11.7. The van der Waals surface area contributed by atoms with E-state index in [1.54, 1.807) is 0 Å². The summed E-state index contributed by atoms with van der Waals surface area (Å²) < 4.78 is 11.3. The zero-order chi connectivity index (χ0) is 13.6. The lowest BCUT2D eigenvalue weighted by Crippen LogP contribution is -2.50. The second-order valence-electron chi connectivity index (χ2n) is 5.32. The van der Waals surface area contributed by atoms with Crippen molar-refractivity contribution < 1.29 is 14.3 Å². The van der Waals surface area contributed by atoms with Gasteiger partial charge in [0.1, 0.15) is 0 Å². The Morgan fingerprint density at radius 2 is 2.17 bits per heavy atom. The molecule has 3 nitrogen and oxygen atoms in total. The Morgan fingerprint density at radius 3 is 2.67 bits per heavy atom. The number of carbonyl (C=O) groups is 1. The first-order valence-electron chi connectivity index (χ1n) is 7.05. The van der Waals surface area contributed by atoms with E-state index >= 15 is 0 Å². The van der Waals surface area contributed by atoms with Crippen molar-refractivity contribution in [3.63, 3.8) is 0 Å². The van der Waals surface area contributed by atoms with Crippen molar-refractivity contribution in [2.75, 3.05) is 13.2 Å². The van der Waals surface area contributed by atoms with E-state index in [0.29, 0.717) is 12.2 Å². The molecule has 0 bridgehead atoms. The van der Waals surface area contributed by atoms with Crippen molar-refractivity contribution in [2.45, 2.75) is 57.3 Å². The van der Waals surface area contributed by atoms with E-state index < -0.39 is 8.80 Å². The number of rotatable bonds is 6. The number of ether oxygens (including phenoxy) is 2. The highest BCUT2D eigenvalue weighted by atomic mass is 28.3. The molecular weight excluding hydrogens is 244 g/mol. The van der Waals surface area contributed by atoms with Crippen LogP contribution in [0.3, 0.4) is 0 Å². The van der Waals surface area contributed by atoms with Crippen LogP contribution in [0.5, 0.6) is 0 Å². The Balaban J connectivity index is 2.67. The fraction of sp³-hybridized carbons (Fsp3) is 0.786. The van der Waals surface area contributed by atoms with Crippen molar-refractivity contribution in [2.24, 2.45) is 0 Å². The lowest BCUT2D eigenvalue weighted by molar-refractivity contribution is -0.142. The standard InChI is InChI=1S/C14H26O3Si/c1-5-6-10-16-13(15)12(2)14(18(3)4)9-7-8-11-17-14/h18H,2,5-11H2,1,3-4H3. The SMILES string of the molecule is C=C(C(=O)OCCCC)C1([SiH](C)C)CCCCO1.